The van der Waals surface area contributed by atoms with Gasteiger partial charge in [-0.2, -0.15) is 0 Å². The Morgan fingerprint density at radius 2 is 1.91 bits per heavy atom. The molecule has 9 nitrogen and oxygen atoms in total. The summed E-state index contributed by atoms with van der Waals surface area (Å²) in [4.78, 5) is 25.0. The highest BCUT2D eigenvalue weighted by atomic mass is 35.5. The number of aromatic nitrogens is 3. The average Bonchev–Trinajstić information content (AvgIpc) is 3.32. The van der Waals surface area contributed by atoms with Gasteiger partial charge in [0.2, 0.25) is 0 Å². The Balaban J connectivity index is 1.52. The average molecular weight is 472 g/mol. The van der Waals surface area contributed by atoms with Crippen LogP contribution in [0.2, 0.25) is 5.02 Å². The molecule has 33 heavy (non-hydrogen) atoms. The molecule has 0 aliphatic carbocycles. The van der Waals surface area contributed by atoms with Crippen LogP contribution in [-0.2, 0) is 25.6 Å². The summed E-state index contributed by atoms with van der Waals surface area (Å²) in [5, 5.41) is 11.5. The zero-order valence-electron chi connectivity index (χ0n) is 18.7. The lowest BCUT2D eigenvalue weighted by Gasteiger charge is -2.38. The molecule has 1 aliphatic heterocycles. The molecule has 0 spiro atoms. The number of anilines is 1. The molecule has 4 rings (SSSR count). The maximum absolute atomic E-state index is 13.0. The van der Waals surface area contributed by atoms with Crippen molar-refractivity contribution in [1.29, 1.82) is 0 Å². The molecule has 0 saturated carbocycles. The third-order valence-corrected chi connectivity index (χ3v) is 5.09. The maximum Gasteiger partial charge on any atom is 0.326 e. The van der Waals surface area contributed by atoms with Gasteiger partial charge in [-0.1, -0.05) is 47.1 Å². The van der Waals surface area contributed by atoms with Crippen LogP contribution in [-0.4, -0.2) is 51.1 Å². The largest absolute Gasteiger partial charge is 0.459 e. The van der Waals surface area contributed by atoms with Crippen LogP contribution in [0.1, 0.15) is 26.3 Å². The fraction of sp³-hybridized carbons (Fsp3) is 0.348. The number of hydrogen-bond donors (Lipinski definition) is 0. The highest BCUT2D eigenvalue weighted by molar-refractivity contribution is 6.31. The van der Waals surface area contributed by atoms with Gasteiger partial charge < -0.3 is 4.74 Å². The Morgan fingerprint density at radius 1 is 1.12 bits per heavy atom. The number of hydroxylamine groups is 3. The Hall–Kier alpha value is -2.98. The van der Waals surface area contributed by atoms with Crippen LogP contribution in [0.3, 0.4) is 0 Å². The van der Waals surface area contributed by atoms with Crippen LogP contribution < -0.4 is 5.06 Å². The molecule has 10 heteroatoms. The van der Waals surface area contributed by atoms with E-state index in [1.165, 1.54) is 5.06 Å². The molecule has 2 heterocycles. The van der Waals surface area contributed by atoms with E-state index in [4.69, 9.17) is 26.0 Å². The van der Waals surface area contributed by atoms with E-state index in [-0.39, 0.29) is 19.4 Å². The molecule has 0 bridgehead atoms. The fourth-order valence-corrected chi connectivity index (χ4v) is 3.55. The van der Waals surface area contributed by atoms with E-state index in [0.717, 1.165) is 11.3 Å². The van der Waals surface area contributed by atoms with Crippen LogP contribution >= 0.6 is 11.6 Å². The number of hydrogen-bond acceptors (Lipinski definition) is 8. The van der Waals surface area contributed by atoms with E-state index >= 15 is 0 Å². The minimum atomic E-state index is -0.678. The van der Waals surface area contributed by atoms with Crippen LogP contribution in [0, 0.1) is 0 Å². The van der Waals surface area contributed by atoms with Gasteiger partial charge in [0.15, 0.2) is 13.5 Å². The van der Waals surface area contributed by atoms with Crippen molar-refractivity contribution in [3.05, 3.63) is 71.5 Å². The van der Waals surface area contributed by atoms with E-state index in [0.29, 0.717) is 17.1 Å². The Kier molecular flexibility index (Phi) is 6.94. The number of halogens is 1. The van der Waals surface area contributed by atoms with Gasteiger partial charge in [0.25, 0.3) is 0 Å². The van der Waals surface area contributed by atoms with Crippen molar-refractivity contribution in [3.63, 3.8) is 0 Å². The topological polar surface area (TPSA) is 82.0 Å². The van der Waals surface area contributed by atoms with Crippen molar-refractivity contribution in [2.24, 2.45) is 0 Å². The molecule has 0 radical (unpaired) electrons. The predicted octanol–water partition coefficient (Wildman–Crippen LogP) is 3.77. The molecule has 0 amide bonds. The highest BCUT2D eigenvalue weighted by Crippen LogP contribution is 2.30. The first-order valence-electron chi connectivity index (χ1n) is 10.5. The third kappa shape index (κ3) is 5.88. The maximum atomic E-state index is 13.0. The van der Waals surface area contributed by atoms with Gasteiger partial charge in [0.05, 0.1) is 23.8 Å². The van der Waals surface area contributed by atoms with Crippen molar-refractivity contribution >= 4 is 23.3 Å². The molecular weight excluding hydrogens is 446 g/mol. The number of carbonyl (C=O) groups is 1. The smallest absolute Gasteiger partial charge is 0.326 e. The van der Waals surface area contributed by atoms with E-state index in [2.05, 4.69) is 10.3 Å². The molecule has 2 aromatic carbocycles. The Labute approximate surface area is 197 Å². The fourth-order valence-electron chi connectivity index (χ4n) is 3.38. The minimum absolute atomic E-state index is 0.0139. The second kappa shape index (κ2) is 9.88. The summed E-state index contributed by atoms with van der Waals surface area (Å²) in [7, 11) is 0. The van der Waals surface area contributed by atoms with Gasteiger partial charge in [0.1, 0.15) is 11.6 Å². The lowest BCUT2D eigenvalue weighted by molar-refractivity contribution is -0.284. The first-order chi connectivity index (χ1) is 15.8. The Bertz CT molecular complexity index is 1060. The summed E-state index contributed by atoms with van der Waals surface area (Å²) in [6.45, 7) is 5.57. The molecule has 3 aromatic rings. The van der Waals surface area contributed by atoms with Crippen LogP contribution in [0.15, 0.2) is 60.9 Å². The molecular formula is C23H26ClN5O4. The number of rotatable bonds is 6. The van der Waals surface area contributed by atoms with Gasteiger partial charge in [-0.05, 0) is 44.5 Å². The number of benzene rings is 2. The van der Waals surface area contributed by atoms with Crippen molar-refractivity contribution in [1.82, 2.24) is 20.1 Å². The zero-order chi connectivity index (χ0) is 23.4. The van der Waals surface area contributed by atoms with Crippen molar-refractivity contribution in [2.75, 3.05) is 18.5 Å². The lowest BCUT2D eigenvalue weighted by Crippen LogP contribution is -2.52. The van der Waals surface area contributed by atoms with Gasteiger partial charge in [-0.3, -0.25) is 14.5 Å². The summed E-state index contributed by atoms with van der Waals surface area (Å²) in [6.07, 6.45) is 3.73. The first-order valence-corrected chi connectivity index (χ1v) is 10.9. The Morgan fingerprint density at radius 3 is 2.55 bits per heavy atom. The van der Waals surface area contributed by atoms with Crippen molar-refractivity contribution in [3.8, 4) is 5.69 Å². The lowest BCUT2D eigenvalue weighted by atomic mass is 10.1. The van der Waals surface area contributed by atoms with Gasteiger partial charge in [0, 0.05) is 11.4 Å². The van der Waals surface area contributed by atoms with Crippen molar-refractivity contribution < 1.29 is 19.2 Å². The minimum Gasteiger partial charge on any atom is -0.459 e. The molecule has 1 unspecified atom stereocenters. The summed E-state index contributed by atoms with van der Waals surface area (Å²) in [5.74, 6) is -0.380. The normalized spacial score (nSPS) is 15.9. The van der Waals surface area contributed by atoms with E-state index in [1.54, 1.807) is 34.3 Å². The van der Waals surface area contributed by atoms with E-state index in [1.807, 2.05) is 57.2 Å². The molecule has 1 aromatic heterocycles. The molecule has 174 valence electrons. The zero-order valence-corrected chi connectivity index (χ0v) is 19.5. The molecule has 1 fully saturated rings. The SMILES string of the molecule is CC(C)(C)OC(=O)C(Cc1ccccc1)N1CON(c2cc(Cl)ccc2-n2ccnn2)CO1. The number of esters is 1. The first kappa shape index (κ1) is 23.2. The summed E-state index contributed by atoms with van der Waals surface area (Å²) in [5.41, 5.74) is 1.75. The van der Waals surface area contributed by atoms with Gasteiger partial charge in [-0.25, -0.2) is 9.75 Å². The van der Waals surface area contributed by atoms with Gasteiger partial charge in [-0.15, -0.1) is 10.2 Å². The van der Waals surface area contributed by atoms with Gasteiger partial charge >= 0.3 is 5.97 Å². The van der Waals surface area contributed by atoms with Crippen LogP contribution in [0.5, 0.6) is 0 Å². The molecule has 1 atom stereocenters. The number of ether oxygens (including phenoxy) is 1. The second-order valence-corrected chi connectivity index (χ2v) is 8.97. The van der Waals surface area contributed by atoms with Crippen LogP contribution in [0.25, 0.3) is 5.69 Å². The third-order valence-electron chi connectivity index (χ3n) is 4.86. The summed E-state index contributed by atoms with van der Waals surface area (Å²) in [6, 6.07) is 14.4. The summed E-state index contributed by atoms with van der Waals surface area (Å²) < 4.78 is 7.27. The van der Waals surface area contributed by atoms with Crippen molar-refractivity contribution in [2.45, 2.75) is 38.8 Å². The van der Waals surface area contributed by atoms with E-state index in [9.17, 15) is 4.79 Å². The number of carbonyl (C=O) groups excluding carboxylic acids is 1. The molecule has 1 saturated heterocycles. The second-order valence-electron chi connectivity index (χ2n) is 8.53. The standard InChI is InChI=1S/C23H26ClN5O4/c1-23(2,3)33-22(30)21(13-17-7-5-4-6-8-17)29-16-31-28(15-32-29)20-14-18(24)9-10-19(20)27-12-11-25-26-27/h4-12,14,21H,13,15-16H2,1-3H3. The monoisotopic (exact) mass is 471 g/mol. The van der Waals surface area contributed by atoms with E-state index < -0.39 is 11.6 Å². The molecule has 0 N–H and O–H groups in total. The predicted molar refractivity (Wildman–Crippen MR) is 122 cm³/mol. The quantitative estimate of drug-likeness (QED) is 0.502. The summed E-state index contributed by atoms with van der Waals surface area (Å²) >= 11 is 6.23. The number of nitrogens with zero attached hydrogens (tertiary/aromatic N) is 5. The molecule has 1 aliphatic rings. The van der Waals surface area contributed by atoms with Crippen LogP contribution in [0.4, 0.5) is 5.69 Å². The highest BCUT2D eigenvalue weighted by Gasteiger charge is 2.35.